The van der Waals surface area contributed by atoms with Gasteiger partial charge in [-0.15, -0.1) is 0 Å². The van der Waals surface area contributed by atoms with Crippen LogP contribution in [0.4, 0.5) is 11.4 Å². The maximum Gasteiger partial charge on any atom is 0.255 e. The molecule has 1 aliphatic rings. The van der Waals surface area contributed by atoms with Crippen LogP contribution >= 0.6 is 0 Å². The molecule has 2 aromatic carbocycles. The van der Waals surface area contributed by atoms with Crippen molar-refractivity contribution in [3.05, 3.63) is 59.7 Å². The predicted molar refractivity (Wildman–Crippen MR) is 114 cm³/mol. The van der Waals surface area contributed by atoms with Crippen molar-refractivity contribution < 1.29 is 9.59 Å². The molecule has 1 atom stereocenters. The zero-order chi connectivity index (χ0) is 19.9. The molecule has 3 N–H and O–H groups in total. The summed E-state index contributed by atoms with van der Waals surface area (Å²) in [7, 11) is 0. The first-order chi connectivity index (χ1) is 13.5. The lowest BCUT2D eigenvalue weighted by Gasteiger charge is -2.28. The van der Waals surface area contributed by atoms with Crippen molar-refractivity contribution in [1.29, 1.82) is 0 Å². The molecule has 2 amide bonds. The molecule has 0 radical (unpaired) electrons. The van der Waals surface area contributed by atoms with E-state index < -0.39 is 0 Å². The monoisotopic (exact) mass is 379 g/mol. The van der Waals surface area contributed by atoms with Gasteiger partial charge in [-0.2, -0.15) is 0 Å². The third kappa shape index (κ3) is 5.42. The first-order valence-corrected chi connectivity index (χ1v) is 10.0. The fourth-order valence-electron chi connectivity index (χ4n) is 3.70. The van der Waals surface area contributed by atoms with E-state index in [9.17, 15) is 9.59 Å². The number of hydrogen-bond donors (Lipinski definition) is 3. The summed E-state index contributed by atoms with van der Waals surface area (Å²) in [4.78, 5) is 24.9. The minimum absolute atomic E-state index is 0.0284. The number of piperidine rings is 1. The number of amides is 2. The second-order valence-electron chi connectivity index (χ2n) is 7.67. The van der Waals surface area contributed by atoms with E-state index in [2.05, 4.69) is 22.9 Å². The maximum atomic E-state index is 12.6. The van der Waals surface area contributed by atoms with E-state index >= 15 is 0 Å². The van der Waals surface area contributed by atoms with E-state index in [-0.39, 0.29) is 11.8 Å². The lowest BCUT2D eigenvalue weighted by Crippen LogP contribution is -2.32. The van der Waals surface area contributed by atoms with Gasteiger partial charge in [-0.1, -0.05) is 31.2 Å². The van der Waals surface area contributed by atoms with Crippen molar-refractivity contribution in [3.63, 3.8) is 0 Å². The number of nitrogens with one attached hydrogen (secondary N) is 3. The normalized spacial score (nSPS) is 15.6. The van der Waals surface area contributed by atoms with Gasteiger partial charge in [-0.3, -0.25) is 9.59 Å². The second-order valence-corrected chi connectivity index (χ2v) is 7.67. The molecule has 0 aromatic heterocycles. The van der Waals surface area contributed by atoms with Gasteiger partial charge in [-0.25, -0.2) is 0 Å². The van der Waals surface area contributed by atoms with Gasteiger partial charge in [0.05, 0.1) is 0 Å². The Balaban J connectivity index is 1.61. The van der Waals surface area contributed by atoms with Gasteiger partial charge in [-0.05, 0) is 74.5 Å². The van der Waals surface area contributed by atoms with Crippen LogP contribution in [-0.2, 0) is 4.79 Å². The van der Waals surface area contributed by atoms with E-state index in [4.69, 9.17) is 0 Å². The average Bonchev–Trinajstić information content (AvgIpc) is 2.71. The fourth-order valence-corrected chi connectivity index (χ4v) is 3.70. The van der Waals surface area contributed by atoms with Crippen molar-refractivity contribution in [2.75, 3.05) is 23.7 Å². The molecule has 5 heteroatoms. The molecule has 0 saturated carbocycles. The van der Waals surface area contributed by atoms with Gasteiger partial charge < -0.3 is 16.0 Å². The van der Waals surface area contributed by atoms with Crippen molar-refractivity contribution in [1.82, 2.24) is 5.32 Å². The highest BCUT2D eigenvalue weighted by molar-refractivity contribution is 6.04. The molecule has 3 rings (SSSR count). The van der Waals surface area contributed by atoms with E-state index in [1.807, 2.05) is 43.3 Å². The molecule has 5 nitrogen and oxygen atoms in total. The SMILES string of the molecule is Cc1ccc(NC(=O)c2ccccc2)cc1NC(=O)CC(C)C1CCNCC1. The Kier molecular flexibility index (Phi) is 6.82. The van der Waals surface area contributed by atoms with Crippen LogP contribution < -0.4 is 16.0 Å². The van der Waals surface area contributed by atoms with Gasteiger partial charge in [0.15, 0.2) is 0 Å². The summed E-state index contributed by atoms with van der Waals surface area (Å²) < 4.78 is 0. The number of benzene rings is 2. The summed E-state index contributed by atoms with van der Waals surface area (Å²) in [5.41, 5.74) is 2.99. The van der Waals surface area contributed by atoms with Crippen LogP contribution in [0.2, 0.25) is 0 Å². The first kappa shape index (κ1) is 20.1. The van der Waals surface area contributed by atoms with Gasteiger partial charge in [0.25, 0.3) is 5.91 Å². The van der Waals surface area contributed by atoms with E-state index in [1.54, 1.807) is 12.1 Å². The molecule has 1 aliphatic heterocycles. The number of carbonyl (C=O) groups excluding carboxylic acids is 2. The Hall–Kier alpha value is -2.66. The van der Waals surface area contributed by atoms with Crippen molar-refractivity contribution in [3.8, 4) is 0 Å². The molecule has 1 fully saturated rings. The molecular formula is C23H29N3O2. The Morgan fingerprint density at radius 1 is 1.07 bits per heavy atom. The predicted octanol–water partition coefficient (Wildman–Crippen LogP) is 4.21. The summed E-state index contributed by atoms with van der Waals surface area (Å²) in [5, 5.41) is 9.29. The van der Waals surface area contributed by atoms with Crippen LogP contribution in [-0.4, -0.2) is 24.9 Å². The average molecular weight is 380 g/mol. The minimum Gasteiger partial charge on any atom is -0.326 e. The topological polar surface area (TPSA) is 70.2 Å². The Morgan fingerprint density at radius 2 is 1.79 bits per heavy atom. The Labute approximate surface area is 166 Å². The van der Waals surface area contributed by atoms with Crippen LogP contribution in [0, 0.1) is 18.8 Å². The summed E-state index contributed by atoms with van der Waals surface area (Å²) in [5.74, 6) is 0.829. The highest BCUT2D eigenvalue weighted by atomic mass is 16.2. The van der Waals surface area contributed by atoms with Crippen LogP contribution in [0.1, 0.15) is 42.1 Å². The number of carbonyl (C=O) groups is 2. The van der Waals surface area contributed by atoms with Crippen LogP contribution in [0.15, 0.2) is 48.5 Å². The molecule has 28 heavy (non-hydrogen) atoms. The minimum atomic E-state index is -0.166. The lowest BCUT2D eigenvalue weighted by molar-refractivity contribution is -0.117. The Morgan fingerprint density at radius 3 is 2.50 bits per heavy atom. The van der Waals surface area contributed by atoms with Crippen LogP contribution in [0.3, 0.4) is 0 Å². The number of aryl methyl sites for hydroxylation is 1. The molecular weight excluding hydrogens is 350 g/mol. The molecule has 148 valence electrons. The standard InChI is InChI=1S/C23H29N3O2/c1-16-8-9-20(25-23(28)19-6-4-3-5-7-19)15-21(16)26-22(27)14-17(2)18-10-12-24-13-11-18/h3-9,15,17-18,24H,10-14H2,1-2H3,(H,25,28)(H,26,27). The number of anilines is 2. The summed E-state index contributed by atoms with van der Waals surface area (Å²) in [6.07, 6.45) is 2.79. The quantitative estimate of drug-likeness (QED) is 0.704. The largest absolute Gasteiger partial charge is 0.326 e. The fraction of sp³-hybridized carbons (Fsp3) is 0.391. The van der Waals surface area contributed by atoms with Crippen molar-refractivity contribution >= 4 is 23.2 Å². The third-order valence-corrected chi connectivity index (χ3v) is 5.50. The van der Waals surface area contributed by atoms with E-state index in [0.717, 1.165) is 37.2 Å². The van der Waals surface area contributed by atoms with Crippen molar-refractivity contribution in [2.24, 2.45) is 11.8 Å². The number of rotatable bonds is 6. The second kappa shape index (κ2) is 9.51. The lowest BCUT2D eigenvalue weighted by atomic mass is 9.84. The molecule has 0 spiro atoms. The summed E-state index contributed by atoms with van der Waals surface area (Å²) in [6.45, 7) is 6.20. The summed E-state index contributed by atoms with van der Waals surface area (Å²) >= 11 is 0. The van der Waals surface area contributed by atoms with Gasteiger partial charge in [0.2, 0.25) is 5.91 Å². The van der Waals surface area contributed by atoms with Crippen LogP contribution in [0.5, 0.6) is 0 Å². The van der Waals surface area contributed by atoms with E-state index in [0.29, 0.717) is 29.5 Å². The van der Waals surface area contributed by atoms with Gasteiger partial charge >= 0.3 is 0 Å². The Bertz CT molecular complexity index is 814. The third-order valence-electron chi connectivity index (χ3n) is 5.50. The maximum absolute atomic E-state index is 12.6. The van der Waals surface area contributed by atoms with Gasteiger partial charge in [0.1, 0.15) is 0 Å². The molecule has 1 unspecified atom stereocenters. The highest BCUT2D eigenvalue weighted by Gasteiger charge is 2.22. The number of hydrogen-bond acceptors (Lipinski definition) is 3. The van der Waals surface area contributed by atoms with Crippen LogP contribution in [0.25, 0.3) is 0 Å². The summed E-state index contributed by atoms with van der Waals surface area (Å²) in [6, 6.07) is 14.7. The van der Waals surface area contributed by atoms with Gasteiger partial charge in [0, 0.05) is 23.4 Å². The molecule has 1 heterocycles. The zero-order valence-corrected chi connectivity index (χ0v) is 16.6. The smallest absolute Gasteiger partial charge is 0.255 e. The van der Waals surface area contributed by atoms with E-state index in [1.165, 1.54) is 0 Å². The molecule has 0 aliphatic carbocycles. The highest BCUT2D eigenvalue weighted by Crippen LogP contribution is 2.26. The van der Waals surface area contributed by atoms with Crippen molar-refractivity contribution in [2.45, 2.75) is 33.1 Å². The molecule has 2 aromatic rings. The molecule has 1 saturated heterocycles. The molecule has 0 bridgehead atoms. The first-order valence-electron chi connectivity index (χ1n) is 10.0. The zero-order valence-electron chi connectivity index (χ0n) is 16.6.